The van der Waals surface area contributed by atoms with E-state index in [9.17, 15) is 4.39 Å². The van der Waals surface area contributed by atoms with Crippen LogP contribution in [-0.2, 0) is 5.54 Å². The van der Waals surface area contributed by atoms with Crippen molar-refractivity contribution in [2.24, 2.45) is 5.73 Å². The SMILES string of the molecule is CCC(N)(CC)c1ccc(F)cc1Cl. The van der Waals surface area contributed by atoms with Gasteiger partial charge in [0.2, 0.25) is 0 Å². The lowest BCUT2D eigenvalue weighted by atomic mass is 9.86. The topological polar surface area (TPSA) is 26.0 Å². The van der Waals surface area contributed by atoms with Gasteiger partial charge in [-0.15, -0.1) is 0 Å². The van der Waals surface area contributed by atoms with Crippen molar-refractivity contribution in [2.45, 2.75) is 32.2 Å². The predicted molar refractivity (Wildman–Crippen MR) is 57.9 cm³/mol. The minimum Gasteiger partial charge on any atom is -0.321 e. The van der Waals surface area contributed by atoms with Crippen molar-refractivity contribution in [3.63, 3.8) is 0 Å². The number of nitrogens with two attached hydrogens (primary N) is 1. The summed E-state index contributed by atoms with van der Waals surface area (Å²) in [6, 6.07) is 4.38. The summed E-state index contributed by atoms with van der Waals surface area (Å²) in [6.07, 6.45) is 1.57. The van der Waals surface area contributed by atoms with Crippen molar-refractivity contribution in [3.05, 3.63) is 34.6 Å². The molecule has 0 radical (unpaired) electrons. The molecular weight excluding hydrogens is 201 g/mol. The van der Waals surface area contributed by atoms with Crippen molar-refractivity contribution >= 4 is 11.6 Å². The molecule has 0 aliphatic rings. The average Bonchev–Trinajstić information content (AvgIpc) is 2.17. The van der Waals surface area contributed by atoms with Crippen molar-refractivity contribution < 1.29 is 4.39 Å². The second kappa shape index (κ2) is 4.28. The maximum Gasteiger partial charge on any atom is 0.124 e. The molecule has 0 fully saturated rings. The lowest BCUT2D eigenvalue weighted by Crippen LogP contribution is -2.35. The predicted octanol–water partition coefficient (Wildman–Crippen LogP) is 3.45. The maximum absolute atomic E-state index is 12.8. The fraction of sp³-hybridized carbons (Fsp3) is 0.455. The highest BCUT2D eigenvalue weighted by Crippen LogP contribution is 2.31. The molecule has 2 N–H and O–H groups in total. The first-order chi connectivity index (χ1) is 6.53. The first-order valence-corrected chi connectivity index (χ1v) is 5.15. The molecule has 0 bridgehead atoms. The molecule has 1 aromatic rings. The first kappa shape index (κ1) is 11.5. The molecule has 0 atom stereocenters. The zero-order valence-electron chi connectivity index (χ0n) is 8.48. The number of benzene rings is 1. The minimum absolute atomic E-state index is 0.326. The van der Waals surface area contributed by atoms with E-state index < -0.39 is 5.54 Å². The fourth-order valence-electron chi connectivity index (χ4n) is 1.52. The fourth-order valence-corrected chi connectivity index (χ4v) is 1.88. The third-order valence-electron chi connectivity index (χ3n) is 2.73. The zero-order chi connectivity index (χ0) is 10.8. The van der Waals surface area contributed by atoms with Gasteiger partial charge in [0.25, 0.3) is 0 Å². The van der Waals surface area contributed by atoms with Crippen LogP contribution in [0, 0.1) is 5.82 Å². The molecule has 0 heterocycles. The van der Waals surface area contributed by atoms with Crippen LogP contribution in [0.1, 0.15) is 32.3 Å². The van der Waals surface area contributed by atoms with Gasteiger partial charge in [-0.2, -0.15) is 0 Å². The second-order valence-corrected chi connectivity index (χ2v) is 3.89. The van der Waals surface area contributed by atoms with E-state index >= 15 is 0 Å². The van der Waals surface area contributed by atoms with Crippen molar-refractivity contribution in [2.75, 3.05) is 0 Å². The Labute approximate surface area is 89.1 Å². The molecular formula is C11H15ClFN. The van der Waals surface area contributed by atoms with Crippen molar-refractivity contribution in [1.82, 2.24) is 0 Å². The molecule has 0 spiro atoms. The number of rotatable bonds is 3. The van der Waals surface area contributed by atoms with E-state index in [0.29, 0.717) is 5.02 Å². The van der Waals surface area contributed by atoms with Gasteiger partial charge in [0.05, 0.1) is 0 Å². The summed E-state index contributed by atoms with van der Waals surface area (Å²) in [5.74, 6) is -0.326. The van der Waals surface area contributed by atoms with E-state index in [1.54, 1.807) is 6.07 Å². The quantitative estimate of drug-likeness (QED) is 0.821. The molecule has 3 heteroatoms. The molecule has 78 valence electrons. The molecule has 1 rings (SSSR count). The van der Waals surface area contributed by atoms with Crippen LogP contribution in [0.25, 0.3) is 0 Å². The van der Waals surface area contributed by atoms with Gasteiger partial charge in [0.15, 0.2) is 0 Å². The van der Waals surface area contributed by atoms with Gasteiger partial charge in [0.1, 0.15) is 5.82 Å². The summed E-state index contributed by atoms with van der Waals surface area (Å²) in [7, 11) is 0. The monoisotopic (exact) mass is 215 g/mol. The van der Waals surface area contributed by atoms with E-state index in [0.717, 1.165) is 18.4 Å². The Morgan fingerprint density at radius 2 is 1.93 bits per heavy atom. The second-order valence-electron chi connectivity index (χ2n) is 3.49. The number of halogens is 2. The van der Waals surface area contributed by atoms with Crippen LogP contribution < -0.4 is 5.73 Å². The number of hydrogen-bond acceptors (Lipinski definition) is 1. The Bertz CT molecular complexity index is 321. The molecule has 0 amide bonds. The number of hydrogen-bond donors (Lipinski definition) is 1. The van der Waals surface area contributed by atoms with Crippen LogP contribution >= 0.6 is 11.6 Å². The standard InChI is InChI=1S/C11H15ClFN/c1-3-11(14,4-2)9-6-5-8(13)7-10(9)12/h5-7H,3-4,14H2,1-2H3. The van der Waals surface area contributed by atoms with Crippen LogP contribution in [0.15, 0.2) is 18.2 Å². The Balaban J connectivity index is 3.17. The molecule has 0 aromatic heterocycles. The van der Waals surface area contributed by atoms with Gasteiger partial charge >= 0.3 is 0 Å². The van der Waals surface area contributed by atoms with E-state index in [-0.39, 0.29) is 5.82 Å². The lowest BCUT2D eigenvalue weighted by Gasteiger charge is -2.28. The van der Waals surface area contributed by atoms with E-state index in [1.165, 1.54) is 12.1 Å². The third kappa shape index (κ3) is 2.07. The van der Waals surface area contributed by atoms with E-state index in [1.807, 2.05) is 13.8 Å². The first-order valence-electron chi connectivity index (χ1n) is 4.78. The van der Waals surface area contributed by atoms with Gasteiger partial charge in [-0.1, -0.05) is 31.5 Å². The van der Waals surface area contributed by atoms with Crippen LogP contribution in [0.3, 0.4) is 0 Å². The lowest BCUT2D eigenvalue weighted by molar-refractivity contribution is 0.412. The Morgan fingerprint density at radius 3 is 2.36 bits per heavy atom. The highest BCUT2D eigenvalue weighted by molar-refractivity contribution is 6.31. The minimum atomic E-state index is -0.440. The molecule has 1 aromatic carbocycles. The summed E-state index contributed by atoms with van der Waals surface area (Å²) in [5.41, 5.74) is 6.55. The van der Waals surface area contributed by atoms with Gasteiger partial charge in [-0.25, -0.2) is 4.39 Å². The summed E-state index contributed by atoms with van der Waals surface area (Å²) < 4.78 is 12.8. The van der Waals surface area contributed by atoms with Gasteiger partial charge in [-0.3, -0.25) is 0 Å². The van der Waals surface area contributed by atoms with E-state index in [2.05, 4.69) is 0 Å². The van der Waals surface area contributed by atoms with Gasteiger partial charge < -0.3 is 5.73 Å². The Morgan fingerprint density at radius 1 is 1.36 bits per heavy atom. The van der Waals surface area contributed by atoms with Crippen LogP contribution in [-0.4, -0.2) is 0 Å². The molecule has 14 heavy (non-hydrogen) atoms. The van der Waals surface area contributed by atoms with Crippen LogP contribution in [0.2, 0.25) is 5.02 Å². The molecule has 1 nitrogen and oxygen atoms in total. The van der Waals surface area contributed by atoms with E-state index in [4.69, 9.17) is 17.3 Å². The van der Waals surface area contributed by atoms with Crippen LogP contribution in [0.5, 0.6) is 0 Å². The molecule has 0 saturated heterocycles. The zero-order valence-corrected chi connectivity index (χ0v) is 9.24. The summed E-state index contributed by atoms with van der Waals surface area (Å²) in [6.45, 7) is 4.01. The van der Waals surface area contributed by atoms with Crippen LogP contribution in [0.4, 0.5) is 4.39 Å². The largest absolute Gasteiger partial charge is 0.321 e. The normalized spacial score (nSPS) is 11.8. The highest BCUT2D eigenvalue weighted by Gasteiger charge is 2.25. The van der Waals surface area contributed by atoms with Gasteiger partial charge in [0, 0.05) is 10.6 Å². The third-order valence-corrected chi connectivity index (χ3v) is 3.04. The summed E-state index contributed by atoms with van der Waals surface area (Å²) in [5, 5.41) is 0.413. The molecule has 0 saturated carbocycles. The van der Waals surface area contributed by atoms with Crippen molar-refractivity contribution in [1.29, 1.82) is 0 Å². The molecule has 0 unspecified atom stereocenters. The highest BCUT2D eigenvalue weighted by atomic mass is 35.5. The average molecular weight is 216 g/mol. The maximum atomic E-state index is 12.8. The van der Waals surface area contributed by atoms with Gasteiger partial charge in [-0.05, 0) is 30.5 Å². The Hall–Kier alpha value is -0.600. The Kier molecular flexibility index (Phi) is 3.51. The van der Waals surface area contributed by atoms with Crippen molar-refractivity contribution in [3.8, 4) is 0 Å². The molecule has 0 aliphatic heterocycles. The smallest absolute Gasteiger partial charge is 0.124 e. The summed E-state index contributed by atoms with van der Waals surface area (Å²) in [4.78, 5) is 0. The summed E-state index contributed by atoms with van der Waals surface area (Å²) >= 11 is 5.95. The molecule has 0 aliphatic carbocycles.